The van der Waals surface area contributed by atoms with Crippen LogP contribution in [0.4, 0.5) is 13.2 Å². The third-order valence-electron chi connectivity index (χ3n) is 5.12. The molecule has 134 valence electrons. The van der Waals surface area contributed by atoms with E-state index in [2.05, 4.69) is 32.2 Å². The van der Waals surface area contributed by atoms with Gasteiger partial charge in [0.05, 0.1) is 5.52 Å². The summed E-state index contributed by atoms with van der Waals surface area (Å²) in [6.07, 6.45) is -2.76. The molecule has 1 amide bonds. The van der Waals surface area contributed by atoms with Crippen molar-refractivity contribution >= 4 is 16.8 Å². The number of aromatic nitrogens is 2. The minimum atomic E-state index is -4.76. The molecule has 2 N–H and O–H groups in total. The molecule has 2 aromatic rings. The van der Waals surface area contributed by atoms with Crippen LogP contribution in [-0.4, -0.2) is 53.0 Å². The van der Waals surface area contributed by atoms with Gasteiger partial charge in [0.25, 0.3) is 5.91 Å². The minimum Gasteiger partial charge on any atom is -0.406 e. The number of ether oxygens (including phenoxy) is 1. The summed E-state index contributed by atoms with van der Waals surface area (Å²) in [4.78, 5) is 14.8. The number of carbonyl (C=O) groups excluding carboxylic acids is 1. The molecule has 0 spiro atoms. The second-order valence-electron chi connectivity index (χ2n) is 6.73. The maximum Gasteiger partial charge on any atom is 0.573 e. The molecule has 1 aliphatic heterocycles. The number of H-pyrrole nitrogens is 1. The summed E-state index contributed by atoms with van der Waals surface area (Å²) in [6, 6.07) is 4.39. The Morgan fingerprint density at radius 2 is 2.20 bits per heavy atom. The third kappa shape index (κ3) is 3.04. The zero-order chi connectivity index (χ0) is 17.8. The molecule has 1 aliphatic carbocycles. The SMILES string of the molecule is CN1CC2CC1CC2NC(=O)c1n[nH]c2cc(OC(F)(F)F)ccc12. The van der Waals surface area contributed by atoms with Crippen LogP contribution in [0.3, 0.4) is 0 Å². The Bertz CT molecular complexity index is 817. The first-order valence-corrected chi connectivity index (χ1v) is 8.05. The molecule has 1 aromatic carbocycles. The van der Waals surface area contributed by atoms with Crippen LogP contribution in [0, 0.1) is 5.92 Å². The fourth-order valence-electron chi connectivity index (χ4n) is 3.96. The van der Waals surface area contributed by atoms with Gasteiger partial charge in [-0.1, -0.05) is 0 Å². The van der Waals surface area contributed by atoms with Gasteiger partial charge in [-0.25, -0.2) is 0 Å². The van der Waals surface area contributed by atoms with Gasteiger partial charge in [0.2, 0.25) is 0 Å². The summed E-state index contributed by atoms with van der Waals surface area (Å²) < 4.78 is 40.7. The van der Waals surface area contributed by atoms with Crippen molar-refractivity contribution in [1.29, 1.82) is 0 Å². The van der Waals surface area contributed by atoms with E-state index in [1.807, 2.05) is 0 Å². The summed E-state index contributed by atoms with van der Waals surface area (Å²) in [6.45, 7) is 0.967. The highest BCUT2D eigenvalue weighted by atomic mass is 19.4. The van der Waals surface area contributed by atoms with Gasteiger partial charge < -0.3 is 15.0 Å². The van der Waals surface area contributed by atoms with Gasteiger partial charge >= 0.3 is 6.36 Å². The Labute approximate surface area is 141 Å². The molecule has 1 aromatic heterocycles. The number of benzene rings is 1. The van der Waals surface area contributed by atoms with Crippen molar-refractivity contribution in [2.75, 3.05) is 13.6 Å². The van der Waals surface area contributed by atoms with E-state index in [-0.39, 0.29) is 23.4 Å². The summed E-state index contributed by atoms with van der Waals surface area (Å²) in [7, 11) is 2.09. The van der Waals surface area contributed by atoms with Crippen molar-refractivity contribution in [3.8, 4) is 5.75 Å². The number of hydrogen-bond acceptors (Lipinski definition) is 4. The fourth-order valence-corrected chi connectivity index (χ4v) is 3.96. The maximum atomic E-state index is 12.5. The molecule has 3 unspecified atom stereocenters. The van der Waals surface area contributed by atoms with Crippen LogP contribution in [0.1, 0.15) is 23.3 Å². The second kappa shape index (κ2) is 5.62. The molecular weight excluding hydrogens is 337 g/mol. The number of piperidine rings is 1. The standard InChI is InChI=1S/C16H17F3N4O2/c1-23-7-8-4-9(23)5-12(8)20-15(24)14-11-3-2-10(25-16(17,18)19)6-13(11)21-22-14/h2-3,6,8-9,12H,4-5,7H2,1H3,(H,20,24)(H,21,22). The first kappa shape index (κ1) is 16.2. The lowest BCUT2D eigenvalue weighted by atomic mass is 10.0. The quantitative estimate of drug-likeness (QED) is 0.887. The van der Waals surface area contributed by atoms with Gasteiger partial charge in [-0.3, -0.25) is 9.89 Å². The van der Waals surface area contributed by atoms with Gasteiger partial charge in [0, 0.05) is 30.1 Å². The van der Waals surface area contributed by atoms with E-state index in [4.69, 9.17) is 0 Å². The number of carbonyl (C=O) groups is 1. The number of hydrogen-bond donors (Lipinski definition) is 2. The predicted octanol–water partition coefficient (Wildman–Crippen LogP) is 2.28. The second-order valence-corrected chi connectivity index (χ2v) is 6.73. The normalized spacial score (nSPS) is 26.3. The van der Waals surface area contributed by atoms with Crippen LogP contribution in [0.5, 0.6) is 5.75 Å². The molecule has 2 fully saturated rings. The molecule has 25 heavy (non-hydrogen) atoms. The van der Waals surface area contributed by atoms with Crippen molar-refractivity contribution in [2.45, 2.75) is 31.3 Å². The molecule has 6 nitrogen and oxygen atoms in total. The Hall–Kier alpha value is -2.29. The average molecular weight is 354 g/mol. The first-order chi connectivity index (χ1) is 11.8. The molecule has 2 bridgehead atoms. The monoisotopic (exact) mass is 354 g/mol. The van der Waals surface area contributed by atoms with Gasteiger partial charge in [-0.15, -0.1) is 13.2 Å². The van der Waals surface area contributed by atoms with Crippen LogP contribution in [0.25, 0.3) is 10.9 Å². The number of aromatic amines is 1. The zero-order valence-electron chi connectivity index (χ0n) is 13.4. The molecule has 9 heteroatoms. The summed E-state index contributed by atoms with van der Waals surface area (Å²) in [5.74, 6) is -0.223. The Morgan fingerprint density at radius 1 is 1.40 bits per heavy atom. The van der Waals surface area contributed by atoms with E-state index >= 15 is 0 Å². The Morgan fingerprint density at radius 3 is 2.84 bits per heavy atom. The van der Waals surface area contributed by atoms with Crippen LogP contribution >= 0.6 is 0 Å². The van der Waals surface area contributed by atoms with Crippen LogP contribution in [0.2, 0.25) is 0 Å². The van der Waals surface area contributed by atoms with E-state index in [1.54, 1.807) is 0 Å². The molecular formula is C16H17F3N4O2. The van der Waals surface area contributed by atoms with E-state index in [0.29, 0.717) is 22.9 Å². The number of halogens is 3. The van der Waals surface area contributed by atoms with Gasteiger partial charge in [0.15, 0.2) is 5.69 Å². The summed E-state index contributed by atoms with van der Waals surface area (Å²) >= 11 is 0. The largest absolute Gasteiger partial charge is 0.573 e. The zero-order valence-corrected chi connectivity index (χ0v) is 13.4. The predicted molar refractivity (Wildman–Crippen MR) is 83.2 cm³/mol. The number of rotatable bonds is 3. The third-order valence-corrected chi connectivity index (χ3v) is 5.12. The van der Waals surface area contributed by atoms with Gasteiger partial charge in [-0.2, -0.15) is 5.10 Å². The first-order valence-electron chi connectivity index (χ1n) is 8.05. The minimum absolute atomic E-state index is 0.119. The van der Waals surface area contributed by atoms with E-state index < -0.39 is 6.36 Å². The molecule has 1 saturated carbocycles. The van der Waals surface area contributed by atoms with Crippen LogP contribution in [0.15, 0.2) is 18.2 Å². The number of alkyl halides is 3. The maximum absolute atomic E-state index is 12.5. The molecule has 0 radical (unpaired) electrons. The number of nitrogens with one attached hydrogen (secondary N) is 2. The average Bonchev–Trinajstić information content (AvgIpc) is 3.18. The fraction of sp³-hybridized carbons (Fsp3) is 0.500. The van der Waals surface area contributed by atoms with E-state index in [9.17, 15) is 18.0 Å². The van der Waals surface area contributed by atoms with Crippen molar-refractivity contribution < 1.29 is 22.7 Å². The Balaban J connectivity index is 1.50. The van der Waals surface area contributed by atoms with E-state index in [1.165, 1.54) is 18.2 Å². The molecule has 2 heterocycles. The summed E-state index contributed by atoms with van der Waals surface area (Å²) in [5.41, 5.74) is 0.504. The number of fused-ring (bicyclic) bond motifs is 3. The molecule has 1 saturated heterocycles. The van der Waals surface area contributed by atoms with Crippen molar-refractivity contribution in [1.82, 2.24) is 20.4 Å². The molecule has 4 rings (SSSR count). The van der Waals surface area contributed by atoms with Gasteiger partial charge in [-0.05, 0) is 37.9 Å². The molecule has 3 atom stereocenters. The smallest absolute Gasteiger partial charge is 0.406 e. The highest BCUT2D eigenvalue weighted by Crippen LogP contribution is 2.37. The Kier molecular flexibility index (Phi) is 3.64. The van der Waals surface area contributed by atoms with Crippen molar-refractivity contribution in [3.05, 3.63) is 23.9 Å². The lowest BCUT2D eigenvalue weighted by Crippen LogP contribution is -2.44. The number of nitrogens with zero attached hydrogens (tertiary/aromatic N) is 2. The van der Waals surface area contributed by atoms with Crippen molar-refractivity contribution in [2.24, 2.45) is 5.92 Å². The van der Waals surface area contributed by atoms with E-state index in [0.717, 1.165) is 19.4 Å². The van der Waals surface area contributed by atoms with Crippen molar-refractivity contribution in [3.63, 3.8) is 0 Å². The van der Waals surface area contributed by atoms with Crippen LogP contribution in [-0.2, 0) is 0 Å². The lowest BCUT2D eigenvalue weighted by Gasteiger charge is -2.28. The summed E-state index contributed by atoms with van der Waals surface area (Å²) in [5, 5.41) is 10.0. The van der Waals surface area contributed by atoms with Crippen LogP contribution < -0.4 is 10.1 Å². The lowest BCUT2D eigenvalue weighted by molar-refractivity contribution is -0.274. The number of amides is 1. The molecule has 2 aliphatic rings. The number of likely N-dealkylation sites (tertiary alicyclic amines) is 1. The van der Waals surface area contributed by atoms with Gasteiger partial charge in [0.1, 0.15) is 5.75 Å². The highest BCUT2D eigenvalue weighted by molar-refractivity contribution is 6.05. The highest BCUT2D eigenvalue weighted by Gasteiger charge is 2.43. The topological polar surface area (TPSA) is 70.2 Å².